The standard InChI is InChI=1S/C18H27FN2O.ClH/c1-14(15-7-6-8-16(19)13-15)18(22)21-12-11-20-17-9-4-2-3-5-10-17;/h6-8,13-14,17,20H,2-5,9-12H2,1H3,(H,21,22);1H. The first kappa shape index (κ1) is 19.9. The van der Waals surface area contributed by atoms with Crippen LogP contribution in [0.25, 0.3) is 0 Å². The van der Waals surface area contributed by atoms with Crippen molar-refractivity contribution in [2.24, 2.45) is 0 Å². The second-order valence-electron chi connectivity index (χ2n) is 6.21. The molecule has 2 N–H and O–H groups in total. The number of amides is 1. The van der Waals surface area contributed by atoms with Gasteiger partial charge < -0.3 is 10.6 Å². The minimum absolute atomic E-state index is 0. The molecule has 1 aromatic rings. The molecule has 1 fully saturated rings. The van der Waals surface area contributed by atoms with Crippen LogP contribution in [-0.2, 0) is 4.79 Å². The molecule has 0 saturated heterocycles. The summed E-state index contributed by atoms with van der Waals surface area (Å²) in [4.78, 5) is 12.1. The van der Waals surface area contributed by atoms with E-state index in [4.69, 9.17) is 0 Å². The van der Waals surface area contributed by atoms with Gasteiger partial charge in [0.25, 0.3) is 0 Å². The Hall–Kier alpha value is -1.13. The van der Waals surface area contributed by atoms with Crippen LogP contribution in [0.1, 0.15) is 56.9 Å². The van der Waals surface area contributed by atoms with Crippen LogP contribution in [0.3, 0.4) is 0 Å². The van der Waals surface area contributed by atoms with E-state index in [0.717, 1.165) is 6.54 Å². The van der Waals surface area contributed by atoms with Crippen LogP contribution in [0.5, 0.6) is 0 Å². The predicted octanol–water partition coefficient (Wildman–Crippen LogP) is 3.78. The van der Waals surface area contributed by atoms with E-state index in [1.54, 1.807) is 12.1 Å². The maximum atomic E-state index is 13.2. The largest absolute Gasteiger partial charge is 0.354 e. The van der Waals surface area contributed by atoms with Gasteiger partial charge in [-0.25, -0.2) is 4.39 Å². The highest BCUT2D eigenvalue weighted by Crippen LogP contribution is 2.17. The molecule has 0 heterocycles. The fraction of sp³-hybridized carbons (Fsp3) is 0.611. The highest BCUT2D eigenvalue weighted by molar-refractivity contribution is 5.85. The molecule has 1 unspecified atom stereocenters. The summed E-state index contributed by atoms with van der Waals surface area (Å²) in [6.45, 7) is 3.23. The van der Waals surface area contributed by atoms with Crippen LogP contribution >= 0.6 is 12.4 Å². The molecular weight excluding hydrogens is 315 g/mol. The lowest BCUT2D eigenvalue weighted by Crippen LogP contribution is -2.38. The van der Waals surface area contributed by atoms with Crippen molar-refractivity contribution in [2.75, 3.05) is 13.1 Å². The van der Waals surface area contributed by atoms with Crippen molar-refractivity contribution in [3.63, 3.8) is 0 Å². The van der Waals surface area contributed by atoms with E-state index in [1.165, 1.54) is 50.7 Å². The van der Waals surface area contributed by atoms with E-state index in [1.807, 2.05) is 6.92 Å². The first-order valence-electron chi connectivity index (χ1n) is 8.43. The zero-order chi connectivity index (χ0) is 15.8. The molecule has 1 saturated carbocycles. The molecule has 1 aliphatic rings. The summed E-state index contributed by atoms with van der Waals surface area (Å²) in [6, 6.07) is 6.85. The molecule has 0 aliphatic heterocycles. The maximum absolute atomic E-state index is 13.2. The molecular formula is C18H28ClFN2O. The van der Waals surface area contributed by atoms with Crippen molar-refractivity contribution in [3.05, 3.63) is 35.6 Å². The Balaban J connectivity index is 0.00000264. The average molecular weight is 343 g/mol. The first-order chi connectivity index (χ1) is 10.7. The second kappa shape index (κ2) is 10.6. The van der Waals surface area contributed by atoms with Crippen LogP contribution in [0.2, 0.25) is 0 Å². The summed E-state index contributed by atoms with van der Waals surface area (Å²) in [6.07, 6.45) is 7.79. The van der Waals surface area contributed by atoms with E-state index >= 15 is 0 Å². The third-order valence-corrected chi connectivity index (χ3v) is 4.45. The summed E-state index contributed by atoms with van der Waals surface area (Å²) in [5, 5.41) is 6.46. The van der Waals surface area contributed by atoms with E-state index in [2.05, 4.69) is 10.6 Å². The van der Waals surface area contributed by atoms with Gasteiger partial charge >= 0.3 is 0 Å². The normalized spacial score (nSPS) is 17.0. The molecule has 3 nitrogen and oxygen atoms in total. The lowest BCUT2D eigenvalue weighted by Gasteiger charge is -2.17. The summed E-state index contributed by atoms with van der Waals surface area (Å²) in [5.41, 5.74) is 0.717. The summed E-state index contributed by atoms with van der Waals surface area (Å²) in [7, 11) is 0. The van der Waals surface area contributed by atoms with Crippen molar-refractivity contribution in [3.8, 4) is 0 Å². The Morgan fingerprint density at radius 3 is 2.57 bits per heavy atom. The van der Waals surface area contributed by atoms with E-state index < -0.39 is 0 Å². The molecule has 0 aromatic heterocycles. The van der Waals surface area contributed by atoms with Crippen LogP contribution < -0.4 is 10.6 Å². The number of halogens is 2. The molecule has 130 valence electrons. The highest BCUT2D eigenvalue weighted by atomic mass is 35.5. The van der Waals surface area contributed by atoms with E-state index in [9.17, 15) is 9.18 Å². The molecule has 1 aromatic carbocycles. The van der Waals surface area contributed by atoms with Gasteiger partial charge in [0.05, 0.1) is 5.92 Å². The van der Waals surface area contributed by atoms with Gasteiger partial charge in [-0.05, 0) is 37.5 Å². The van der Waals surface area contributed by atoms with Crippen molar-refractivity contribution in [1.29, 1.82) is 0 Å². The van der Waals surface area contributed by atoms with Gasteiger partial charge in [0.1, 0.15) is 5.82 Å². The SMILES string of the molecule is CC(C(=O)NCCNC1CCCCCC1)c1cccc(F)c1.Cl. The van der Waals surface area contributed by atoms with Crippen molar-refractivity contribution in [2.45, 2.75) is 57.4 Å². The molecule has 0 bridgehead atoms. The Morgan fingerprint density at radius 1 is 1.22 bits per heavy atom. The number of hydrogen-bond donors (Lipinski definition) is 2. The zero-order valence-corrected chi connectivity index (χ0v) is 14.6. The van der Waals surface area contributed by atoms with Crippen LogP contribution in [0, 0.1) is 5.82 Å². The van der Waals surface area contributed by atoms with Gasteiger partial charge in [0.2, 0.25) is 5.91 Å². The molecule has 1 aliphatic carbocycles. The van der Waals surface area contributed by atoms with E-state index in [0.29, 0.717) is 18.2 Å². The number of carbonyl (C=O) groups is 1. The van der Waals surface area contributed by atoms with Gasteiger partial charge in [-0.1, -0.05) is 37.8 Å². The quantitative estimate of drug-likeness (QED) is 0.610. The first-order valence-corrected chi connectivity index (χ1v) is 8.43. The predicted molar refractivity (Wildman–Crippen MR) is 94.6 cm³/mol. The molecule has 1 amide bonds. The number of carbonyl (C=O) groups excluding carboxylic acids is 1. The van der Waals surface area contributed by atoms with Gasteiger partial charge in [-0.2, -0.15) is 0 Å². The molecule has 0 spiro atoms. The lowest BCUT2D eigenvalue weighted by molar-refractivity contribution is -0.122. The smallest absolute Gasteiger partial charge is 0.227 e. The third-order valence-electron chi connectivity index (χ3n) is 4.45. The fourth-order valence-corrected chi connectivity index (χ4v) is 3.03. The van der Waals surface area contributed by atoms with Crippen molar-refractivity contribution < 1.29 is 9.18 Å². The minimum atomic E-state index is -0.325. The fourth-order valence-electron chi connectivity index (χ4n) is 3.03. The summed E-state index contributed by atoms with van der Waals surface area (Å²) < 4.78 is 13.2. The molecule has 2 rings (SSSR count). The number of hydrogen-bond acceptors (Lipinski definition) is 2. The van der Waals surface area contributed by atoms with Gasteiger partial charge in [0, 0.05) is 19.1 Å². The van der Waals surface area contributed by atoms with Gasteiger partial charge in [0.15, 0.2) is 0 Å². The Bertz CT molecular complexity index is 476. The van der Waals surface area contributed by atoms with Gasteiger partial charge in [-0.3, -0.25) is 4.79 Å². The highest BCUT2D eigenvalue weighted by Gasteiger charge is 2.15. The minimum Gasteiger partial charge on any atom is -0.354 e. The molecule has 1 atom stereocenters. The van der Waals surface area contributed by atoms with Crippen LogP contribution in [0.4, 0.5) is 4.39 Å². The van der Waals surface area contributed by atoms with Crippen LogP contribution in [-0.4, -0.2) is 25.0 Å². The topological polar surface area (TPSA) is 41.1 Å². The average Bonchev–Trinajstić information content (AvgIpc) is 2.79. The van der Waals surface area contributed by atoms with Gasteiger partial charge in [-0.15, -0.1) is 12.4 Å². The summed E-state index contributed by atoms with van der Waals surface area (Å²) >= 11 is 0. The third kappa shape index (κ3) is 6.88. The number of nitrogens with one attached hydrogen (secondary N) is 2. The van der Waals surface area contributed by atoms with Crippen LogP contribution in [0.15, 0.2) is 24.3 Å². The number of rotatable bonds is 6. The monoisotopic (exact) mass is 342 g/mol. The number of benzene rings is 1. The molecule has 5 heteroatoms. The zero-order valence-electron chi connectivity index (χ0n) is 13.8. The Kier molecular flexibility index (Phi) is 9.19. The van der Waals surface area contributed by atoms with Crippen molar-refractivity contribution in [1.82, 2.24) is 10.6 Å². The van der Waals surface area contributed by atoms with Crippen molar-refractivity contribution >= 4 is 18.3 Å². The second-order valence-corrected chi connectivity index (χ2v) is 6.21. The lowest BCUT2D eigenvalue weighted by atomic mass is 10.0. The Morgan fingerprint density at radius 2 is 1.91 bits per heavy atom. The molecule has 23 heavy (non-hydrogen) atoms. The maximum Gasteiger partial charge on any atom is 0.227 e. The Labute approximate surface area is 144 Å². The molecule has 0 radical (unpaired) electrons. The van der Waals surface area contributed by atoms with E-state index in [-0.39, 0.29) is 30.0 Å². The summed E-state index contributed by atoms with van der Waals surface area (Å²) in [5.74, 6) is -0.672.